The summed E-state index contributed by atoms with van der Waals surface area (Å²) in [7, 11) is -3.76. The number of hydrogen-bond donors (Lipinski definition) is 2. The van der Waals surface area contributed by atoms with Crippen LogP contribution in [-0.4, -0.2) is 39.7 Å². The normalized spacial score (nSPS) is 11.9. The number of ether oxygens (including phenoxy) is 1. The van der Waals surface area contributed by atoms with Crippen molar-refractivity contribution >= 4 is 10.0 Å². The van der Waals surface area contributed by atoms with Gasteiger partial charge in [0.1, 0.15) is 12.4 Å². The molecule has 0 saturated heterocycles. The maximum Gasteiger partial charge on any atom is 0.261 e. The summed E-state index contributed by atoms with van der Waals surface area (Å²) in [6, 6.07) is 5.12. The van der Waals surface area contributed by atoms with Crippen molar-refractivity contribution in [1.82, 2.24) is 4.72 Å². The molecule has 0 amide bonds. The van der Waals surface area contributed by atoms with Crippen LogP contribution in [0.2, 0.25) is 0 Å². The Bertz CT molecular complexity index is 479. The monoisotopic (exact) mass is 281 g/mol. The van der Waals surface area contributed by atoms with Crippen molar-refractivity contribution in [2.24, 2.45) is 0 Å². The number of phenolic OH excluding ortho intramolecular Hbond substituents is 1. The van der Waals surface area contributed by atoms with E-state index in [0.29, 0.717) is 0 Å². The van der Waals surface area contributed by atoms with Gasteiger partial charge in [0.2, 0.25) is 10.0 Å². The van der Waals surface area contributed by atoms with E-state index in [1.807, 2.05) is 0 Å². The third kappa shape index (κ3) is 4.94. The summed E-state index contributed by atoms with van der Waals surface area (Å²) >= 11 is 0. The molecular weight excluding hydrogens is 268 g/mol. The molecule has 5 nitrogen and oxygen atoms in total. The molecule has 0 unspecified atom stereocenters. The summed E-state index contributed by atoms with van der Waals surface area (Å²) in [6.07, 6.45) is -2.58. The zero-order valence-electron chi connectivity index (χ0n) is 9.34. The minimum absolute atomic E-state index is 0.101. The molecular formula is C10H13F2NO4S. The van der Waals surface area contributed by atoms with Crippen LogP contribution in [0.3, 0.4) is 0 Å². The summed E-state index contributed by atoms with van der Waals surface area (Å²) in [5.74, 6) is -0.174. The molecule has 0 fully saturated rings. The van der Waals surface area contributed by atoms with Gasteiger partial charge in [0.05, 0.1) is 11.5 Å². The average Bonchev–Trinajstić information content (AvgIpc) is 2.28. The number of rotatable bonds is 7. The predicted octanol–water partition coefficient (Wildman–Crippen LogP) is 0.952. The lowest BCUT2D eigenvalue weighted by molar-refractivity contribution is 0.0199. The molecule has 0 aliphatic rings. The second kappa shape index (κ2) is 6.62. The Hall–Kier alpha value is -1.25. The van der Waals surface area contributed by atoms with E-state index in [2.05, 4.69) is 9.46 Å². The minimum atomic E-state index is -3.76. The number of benzene rings is 1. The van der Waals surface area contributed by atoms with Crippen LogP contribution < -0.4 is 4.72 Å². The van der Waals surface area contributed by atoms with Crippen LogP contribution in [0.5, 0.6) is 5.75 Å². The first-order valence-electron chi connectivity index (χ1n) is 5.06. The molecule has 0 spiro atoms. The van der Waals surface area contributed by atoms with Gasteiger partial charge in [-0.05, 0) is 18.2 Å². The molecule has 102 valence electrons. The van der Waals surface area contributed by atoms with Crippen LogP contribution in [0.15, 0.2) is 29.2 Å². The van der Waals surface area contributed by atoms with E-state index in [0.717, 1.165) is 6.07 Å². The largest absolute Gasteiger partial charge is 0.508 e. The molecule has 0 bridgehead atoms. The van der Waals surface area contributed by atoms with E-state index in [1.165, 1.54) is 18.2 Å². The number of halogens is 2. The Morgan fingerprint density at radius 3 is 2.72 bits per heavy atom. The van der Waals surface area contributed by atoms with Crippen LogP contribution in [0.25, 0.3) is 0 Å². The van der Waals surface area contributed by atoms with Gasteiger partial charge in [0.25, 0.3) is 6.43 Å². The van der Waals surface area contributed by atoms with Gasteiger partial charge in [-0.25, -0.2) is 21.9 Å². The van der Waals surface area contributed by atoms with Gasteiger partial charge < -0.3 is 9.84 Å². The van der Waals surface area contributed by atoms with E-state index in [1.54, 1.807) is 0 Å². The highest BCUT2D eigenvalue weighted by molar-refractivity contribution is 7.89. The molecule has 18 heavy (non-hydrogen) atoms. The molecule has 0 saturated carbocycles. The standard InChI is InChI=1S/C10H13F2NO4S/c11-10(12)7-17-5-4-13-18(15,16)9-3-1-2-8(14)6-9/h1-3,6,10,13-14H,4-5,7H2. The Morgan fingerprint density at radius 1 is 1.39 bits per heavy atom. The summed E-state index contributed by atoms with van der Waals surface area (Å²) in [6.45, 7) is -0.999. The van der Waals surface area contributed by atoms with Gasteiger partial charge in [0, 0.05) is 6.54 Å². The van der Waals surface area contributed by atoms with Gasteiger partial charge in [0.15, 0.2) is 0 Å². The van der Waals surface area contributed by atoms with Crippen molar-refractivity contribution in [1.29, 1.82) is 0 Å². The van der Waals surface area contributed by atoms with E-state index in [9.17, 15) is 17.2 Å². The first-order chi connectivity index (χ1) is 8.42. The van der Waals surface area contributed by atoms with Crippen molar-refractivity contribution < 1.29 is 27.0 Å². The number of hydrogen-bond acceptors (Lipinski definition) is 4. The number of aromatic hydroxyl groups is 1. The third-order valence-corrected chi connectivity index (χ3v) is 3.37. The molecule has 0 radical (unpaired) electrons. The van der Waals surface area contributed by atoms with E-state index < -0.39 is 23.1 Å². The molecule has 1 rings (SSSR count). The van der Waals surface area contributed by atoms with Gasteiger partial charge >= 0.3 is 0 Å². The highest BCUT2D eigenvalue weighted by Crippen LogP contribution is 2.15. The summed E-state index contributed by atoms with van der Waals surface area (Å²) in [5.41, 5.74) is 0. The SMILES string of the molecule is O=S(=O)(NCCOCC(F)F)c1cccc(O)c1. The molecule has 0 aliphatic heterocycles. The molecule has 0 atom stereocenters. The Kier molecular flexibility index (Phi) is 5.45. The maximum atomic E-state index is 11.7. The lowest BCUT2D eigenvalue weighted by Crippen LogP contribution is -2.28. The molecule has 0 heterocycles. The highest BCUT2D eigenvalue weighted by atomic mass is 32.2. The molecule has 8 heteroatoms. The quantitative estimate of drug-likeness (QED) is 0.730. The topological polar surface area (TPSA) is 75.6 Å². The molecule has 2 N–H and O–H groups in total. The van der Waals surface area contributed by atoms with Crippen molar-refractivity contribution in [3.05, 3.63) is 24.3 Å². The van der Waals surface area contributed by atoms with Crippen molar-refractivity contribution in [3.63, 3.8) is 0 Å². The second-order valence-electron chi connectivity index (χ2n) is 3.36. The predicted molar refractivity (Wildman–Crippen MR) is 60.1 cm³/mol. The number of nitrogens with one attached hydrogen (secondary N) is 1. The van der Waals surface area contributed by atoms with Crippen molar-refractivity contribution in [2.75, 3.05) is 19.8 Å². The number of phenols is 1. The van der Waals surface area contributed by atoms with E-state index in [-0.39, 0.29) is 23.8 Å². The van der Waals surface area contributed by atoms with Crippen LogP contribution in [0.1, 0.15) is 0 Å². The highest BCUT2D eigenvalue weighted by Gasteiger charge is 2.13. The molecule has 0 aromatic heterocycles. The van der Waals surface area contributed by atoms with Gasteiger partial charge in [-0.15, -0.1) is 0 Å². The Balaban J connectivity index is 2.46. The van der Waals surface area contributed by atoms with Gasteiger partial charge in [-0.3, -0.25) is 0 Å². The molecule has 1 aromatic carbocycles. The van der Waals surface area contributed by atoms with Crippen LogP contribution in [0, 0.1) is 0 Å². The Morgan fingerprint density at radius 2 is 2.11 bits per heavy atom. The lowest BCUT2D eigenvalue weighted by atomic mass is 10.3. The maximum absolute atomic E-state index is 11.7. The smallest absolute Gasteiger partial charge is 0.261 e. The first kappa shape index (κ1) is 14.8. The lowest BCUT2D eigenvalue weighted by Gasteiger charge is -2.07. The van der Waals surface area contributed by atoms with E-state index >= 15 is 0 Å². The third-order valence-electron chi connectivity index (χ3n) is 1.91. The zero-order valence-corrected chi connectivity index (χ0v) is 10.2. The van der Waals surface area contributed by atoms with Crippen molar-refractivity contribution in [3.8, 4) is 5.75 Å². The fraction of sp³-hybridized carbons (Fsp3) is 0.400. The van der Waals surface area contributed by atoms with Gasteiger partial charge in [-0.2, -0.15) is 0 Å². The fourth-order valence-electron chi connectivity index (χ4n) is 1.15. The summed E-state index contributed by atoms with van der Waals surface area (Å²) in [5, 5.41) is 9.15. The van der Waals surface area contributed by atoms with Crippen LogP contribution >= 0.6 is 0 Å². The molecule has 0 aliphatic carbocycles. The van der Waals surface area contributed by atoms with Crippen LogP contribution in [-0.2, 0) is 14.8 Å². The first-order valence-corrected chi connectivity index (χ1v) is 6.55. The zero-order chi connectivity index (χ0) is 13.6. The minimum Gasteiger partial charge on any atom is -0.508 e. The second-order valence-corrected chi connectivity index (χ2v) is 5.13. The van der Waals surface area contributed by atoms with Gasteiger partial charge in [-0.1, -0.05) is 6.07 Å². The van der Waals surface area contributed by atoms with Crippen molar-refractivity contribution in [2.45, 2.75) is 11.3 Å². The molecule has 1 aromatic rings. The number of sulfonamides is 1. The number of alkyl halides is 2. The van der Waals surface area contributed by atoms with Crippen LogP contribution in [0.4, 0.5) is 8.78 Å². The summed E-state index contributed by atoms with van der Waals surface area (Å²) < 4.78 is 53.4. The average molecular weight is 281 g/mol. The fourth-order valence-corrected chi connectivity index (χ4v) is 2.21. The Labute approximate surface area is 103 Å². The van der Waals surface area contributed by atoms with E-state index in [4.69, 9.17) is 5.11 Å². The summed E-state index contributed by atoms with van der Waals surface area (Å²) in [4.78, 5) is -0.101.